The lowest BCUT2D eigenvalue weighted by Gasteiger charge is -2.31. The van der Waals surface area contributed by atoms with Gasteiger partial charge in [-0.15, -0.1) is 6.42 Å². The summed E-state index contributed by atoms with van der Waals surface area (Å²) < 4.78 is 0. The van der Waals surface area contributed by atoms with Crippen LogP contribution < -0.4 is 10.6 Å². The number of carbonyl (C=O) groups excluding carboxylic acids is 1. The zero-order valence-electron chi connectivity index (χ0n) is 12.3. The van der Waals surface area contributed by atoms with Gasteiger partial charge < -0.3 is 15.7 Å². The minimum Gasteiger partial charge on any atom is -0.481 e. The fraction of sp³-hybridized carbons (Fsp3) is 0.714. The van der Waals surface area contributed by atoms with Gasteiger partial charge in [0, 0.05) is 6.04 Å². The maximum atomic E-state index is 11.8. The van der Waals surface area contributed by atoms with E-state index < -0.39 is 18.0 Å². The molecule has 0 bridgehead atoms. The molecule has 0 aromatic carbocycles. The fourth-order valence-electron chi connectivity index (χ4n) is 1.49. The summed E-state index contributed by atoms with van der Waals surface area (Å²) in [6, 6.07) is -1.26. The van der Waals surface area contributed by atoms with Crippen LogP contribution in [-0.4, -0.2) is 29.2 Å². The Labute approximate surface area is 115 Å². The van der Waals surface area contributed by atoms with Crippen LogP contribution in [0.1, 0.15) is 41.0 Å². The van der Waals surface area contributed by atoms with Gasteiger partial charge in [-0.3, -0.25) is 4.79 Å². The molecular weight excluding hydrogens is 244 g/mol. The summed E-state index contributed by atoms with van der Waals surface area (Å²) in [4.78, 5) is 22.7. The third-order valence-corrected chi connectivity index (χ3v) is 2.86. The second-order valence-electron chi connectivity index (χ2n) is 6.02. The lowest BCUT2D eigenvalue weighted by molar-refractivity contribution is -0.138. The summed E-state index contributed by atoms with van der Waals surface area (Å²) >= 11 is 0. The van der Waals surface area contributed by atoms with E-state index >= 15 is 0 Å². The maximum Gasteiger partial charge on any atom is 0.316 e. The van der Waals surface area contributed by atoms with Crippen LogP contribution in [0.3, 0.4) is 0 Å². The second-order valence-corrected chi connectivity index (χ2v) is 6.02. The van der Waals surface area contributed by atoms with E-state index in [4.69, 9.17) is 11.5 Å². The van der Waals surface area contributed by atoms with Crippen molar-refractivity contribution in [2.45, 2.75) is 53.1 Å². The molecule has 19 heavy (non-hydrogen) atoms. The van der Waals surface area contributed by atoms with Crippen LogP contribution in [0.5, 0.6) is 0 Å². The number of rotatable bonds is 5. The monoisotopic (exact) mass is 268 g/mol. The van der Waals surface area contributed by atoms with E-state index in [9.17, 15) is 9.59 Å². The Balaban J connectivity index is 4.65. The highest BCUT2D eigenvalue weighted by Gasteiger charge is 2.29. The number of carbonyl (C=O) groups is 2. The quantitative estimate of drug-likeness (QED) is 0.666. The van der Waals surface area contributed by atoms with Gasteiger partial charge in [0.2, 0.25) is 0 Å². The van der Waals surface area contributed by atoms with Crippen LogP contribution in [-0.2, 0) is 4.79 Å². The molecule has 0 aromatic heterocycles. The van der Waals surface area contributed by atoms with E-state index in [1.54, 1.807) is 0 Å². The summed E-state index contributed by atoms with van der Waals surface area (Å²) in [5.41, 5.74) is -0.348. The number of amides is 2. The first-order valence-corrected chi connectivity index (χ1v) is 6.33. The number of urea groups is 1. The topological polar surface area (TPSA) is 78.4 Å². The number of carboxylic acid groups (broad SMARTS) is 1. The van der Waals surface area contributed by atoms with Crippen molar-refractivity contribution in [3.8, 4) is 12.3 Å². The number of aliphatic carboxylic acids is 1. The molecule has 2 amide bonds. The Hall–Kier alpha value is -1.70. The zero-order valence-corrected chi connectivity index (χ0v) is 12.3. The van der Waals surface area contributed by atoms with E-state index in [1.807, 2.05) is 34.6 Å². The summed E-state index contributed by atoms with van der Waals surface area (Å²) in [6.45, 7) is 9.44. The predicted octanol–water partition coefficient (Wildman–Crippen LogP) is 1.83. The molecule has 5 nitrogen and oxygen atoms in total. The molecule has 5 heteroatoms. The molecule has 0 aliphatic carbocycles. The van der Waals surface area contributed by atoms with Gasteiger partial charge in [0.05, 0.1) is 12.5 Å². The average Bonchev–Trinajstić information content (AvgIpc) is 2.22. The zero-order chi connectivity index (χ0) is 15.2. The third-order valence-electron chi connectivity index (χ3n) is 2.86. The normalized spacial score (nSPS) is 14.4. The van der Waals surface area contributed by atoms with E-state index in [1.165, 1.54) is 0 Å². The minimum absolute atomic E-state index is 0.114. The van der Waals surface area contributed by atoms with Gasteiger partial charge in [-0.2, -0.15) is 0 Å². The third kappa shape index (κ3) is 6.70. The molecule has 0 spiro atoms. The molecule has 0 saturated heterocycles. The SMILES string of the molecule is C#CC(NC(=O)NC(CC(=O)O)C(C)(C)C)C(C)C. The molecule has 0 aliphatic rings. The molecule has 0 heterocycles. The van der Waals surface area contributed by atoms with Crippen molar-refractivity contribution in [2.24, 2.45) is 11.3 Å². The lowest BCUT2D eigenvalue weighted by Crippen LogP contribution is -2.51. The fourth-order valence-corrected chi connectivity index (χ4v) is 1.49. The van der Waals surface area contributed by atoms with Crippen molar-refractivity contribution in [3.63, 3.8) is 0 Å². The van der Waals surface area contributed by atoms with E-state index in [-0.39, 0.29) is 23.8 Å². The lowest BCUT2D eigenvalue weighted by atomic mass is 9.85. The molecule has 0 radical (unpaired) electrons. The van der Waals surface area contributed by atoms with Gasteiger partial charge in [-0.1, -0.05) is 40.5 Å². The van der Waals surface area contributed by atoms with Crippen LogP contribution in [0.25, 0.3) is 0 Å². The summed E-state index contributed by atoms with van der Waals surface area (Å²) in [5.74, 6) is 1.66. The molecule has 0 fully saturated rings. The second kappa shape index (κ2) is 7.03. The van der Waals surface area contributed by atoms with Crippen molar-refractivity contribution in [1.82, 2.24) is 10.6 Å². The van der Waals surface area contributed by atoms with Crippen LogP contribution in [0.4, 0.5) is 4.79 Å². The Morgan fingerprint density at radius 2 is 1.79 bits per heavy atom. The van der Waals surface area contributed by atoms with E-state index in [2.05, 4.69) is 16.6 Å². The van der Waals surface area contributed by atoms with Gasteiger partial charge in [0.25, 0.3) is 0 Å². The van der Waals surface area contributed by atoms with Crippen molar-refractivity contribution < 1.29 is 14.7 Å². The number of nitrogens with one attached hydrogen (secondary N) is 2. The standard InChI is InChI=1S/C14H24N2O3/c1-7-10(9(2)3)15-13(19)16-11(8-12(17)18)14(4,5)6/h1,9-11H,8H2,2-6H3,(H,17,18)(H2,15,16,19). The molecule has 2 unspecified atom stereocenters. The molecule has 0 aliphatic heterocycles. The van der Waals surface area contributed by atoms with E-state index in [0.29, 0.717) is 0 Å². The highest BCUT2D eigenvalue weighted by atomic mass is 16.4. The van der Waals surface area contributed by atoms with E-state index in [0.717, 1.165) is 0 Å². The molecule has 0 saturated carbocycles. The van der Waals surface area contributed by atoms with Crippen molar-refractivity contribution in [1.29, 1.82) is 0 Å². The minimum atomic E-state index is -0.947. The maximum absolute atomic E-state index is 11.8. The first-order chi connectivity index (χ1) is 8.57. The Kier molecular flexibility index (Phi) is 6.40. The average molecular weight is 268 g/mol. The molecule has 108 valence electrons. The predicted molar refractivity (Wildman–Crippen MR) is 74.6 cm³/mol. The number of hydrogen-bond acceptors (Lipinski definition) is 2. The van der Waals surface area contributed by atoms with Crippen molar-refractivity contribution >= 4 is 12.0 Å². The number of terminal acetylenes is 1. The van der Waals surface area contributed by atoms with Gasteiger partial charge in [-0.05, 0) is 11.3 Å². The van der Waals surface area contributed by atoms with Crippen molar-refractivity contribution in [2.75, 3.05) is 0 Å². The first kappa shape index (κ1) is 17.3. The Morgan fingerprint density at radius 1 is 1.26 bits per heavy atom. The molecule has 0 aromatic rings. The van der Waals surface area contributed by atoms with Crippen molar-refractivity contribution in [3.05, 3.63) is 0 Å². The molecule has 3 N–H and O–H groups in total. The largest absolute Gasteiger partial charge is 0.481 e. The molecule has 0 rings (SSSR count). The van der Waals surface area contributed by atoms with Gasteiger partial charge in [-0.25, -0.2) is 4.79 Å². The smallest absolute Gasteiger partial charge is 0.316 e. The molecule has 2 atom stereocenters. The first-order valence-electron chi connectivity index (χ1n) is 6.33. The van der Waals surface area contributed by atoms with Crippen LogP contribution in [0.2, 0.25) is 0 Å². The highest BCUT2D eigenvalue weighted by molar-refractivity contribution is 5.76. The number of hydrogen-bond donors (Lipinski definition) is 3. The highest BCUT2D eigenvalue weighted by Crippen LogP contribution is 2.21. The van der Waals surface area contributed by atoms with Gasteiger partial charge in [0.1, 0.15) is 0 Å². The Morgan fingerprint density at radius 3 is 2.11 bits per heavy atom. The van der Waals surface area contributed by atoms with Crippen LogP contribution >= 0.6 is 0 Å². The molecular formula is C14H24N2O3. The summed E-state index contributed by atoms with van der Waals surface area (Å²) in [5, 5.41) is 14.2. The van der Waals surface area contributed by atoms with Crippen LogP contribution in [0, 0.1) is 23.7 Å². The summed E-state index contributed by atoms with van der Waals surface area (Å²) in [6.07, 6.45) is 5.21. The van der Waals surface area contributed by atoms with Crippen LogP contribution in [0.15, 0.2) is 0 Å². The Bertz CT molecular complexity index is 364. The summed E-state index contributed by atoms with van der Waals surface area (Å²) in [7, 11) is 0. The van der Waals surface area contributed by atoms with Gasteiger partial charge >= 0.3 is 12.0 Å². The number of carboxylic acids is 1. The van der Waals surface area contributed by atoms with Gasteiger partial charge in [0.15, 0.2) is 0 Å².